The van der Waals surface area contributed by atoms with Crippen LogP contribution in [0.2, 0.25) is 0 Å². The average molecular weight is 277 g/mol. The average Bonchev–Trinajstić information content (AvgIpc) is 2.45. The SMILES string of the molecule is CCCC(CCC)C(=O)NCC(C)(O)c1ccccc1. The van der Waals surface area contributed by atoms with Gasteiger partial charge in [-0.05, 0) is 25.3 Å². The number of amides is 1. The number of carbonyl (C=O) groups excluding carboxylic acids is 1. The van der Waals surface area contributed by atoms with Gasteiger partial charge < -0.3 is 10.4 Å². The maximum atomic E-state index is 12.2. The molecule has 0 aliphatic carbocycles. The van der Waals surface area contributed by atoms with Crippen molar-refractivity contribution in [1.29, 1.82) is 0 Å². The summed E-state index contributed by atoms with van der Waals surface area (Å²) in [6, 6.07) is 9.45. The monoisotopic (exact) mass is 277 g/mol. The van der Waals surface area contributed by atoms with Crippen LogP contribution in [0.15, 0.2) is 30.3 Å². The van der Waals surface area contributed by atoms with E-state index in [4.69, 9.17) is 0 Å². The number of nitrogens with one attached hydrogen (secondary N) is 1. The molecular weight excluding hydrogens is 250 g/mol. The van der Waals surface area contributed by atoms with Gasteiger partial charge in [0.1, 0.15) is 5.60 Å². The van der Waals surface area contributed by atoms with Gasteiger partial charge in [0.15, 0.2) is 0 Å². The molecule has 0 saturated carbocycles. The molecule has 0 saturated heterocycles. The van der Waals surface area contributed by atoms with Gasteiger partial charge in [-0.25, -0.2) is 0 Å². The third-order valence-corrected chi connectivity index (χ3v) is 3.65. The van der Waals surface area contributed by atoms with Crippen LogP contribution < -0.4 is 5.32 Å². The lowest BCUT2D eigenvalue weighted by Gasteiger charge is -2.25. The van der Waals surface area contributed by atoms with E-state index < -0.39 is 5.60 Å². The normalized spacial score (nSPS) is 14.1. The Labute approximate surface area is 122 Å². The van der Waals surface area contributed by atoms with Crippen LogP contribution in [0.25, 0.3) is 0 Å². The first-order valence-corrected chi connectivity index (χ1v) is 7.56. The fourth-order valence-electron chi connectivity index (χ4n) is 2.41. The van der Waals surface area contributed by atoms with Crippen LogP contribution in [0.5, 0.6) is 0 Å². The van der Waals surface area contributed by atoms with Gasteiger partial charge in [0.05, 0.1) is 6.54 Å². The zero-order chi connectivity index (χ0) is 15.0. The van der Waals surface area contributed by atoms with Crippen molar-refractivity contribution < 1.29 is 9.90 Å². The van der Waals surface area contributed by atoms with Crippen LogP contribution in [-0.4, -0.2) is 17.6 Å². The predicted octanol–water partition coefficient (Wildman–Crippen LogP) is 3.23. The molecule has 0 aliphatic heterocycles. The largest absolute Gasteiger partial charge is 0.384 e. The summed E-state index contributed by atoms with van der Waals surface area (Å²) in [5, 5.41) is 13.4. The molecule has 1 atom stereocenters. The molecule has 0 aromatic heterocycles. The molecular formula is C17H27NO2. The molecule has 1 aromatic carbocycles. The highest BCUT2D eigenvalue weighted by atomic mass is 16.3. The molecule has 112 valence electrons. The Bertz CT molecular complexity index is 395. The van der Waals surface area contributed by atoms with E-state index in [1.54, 1.807) is 6.92 Å². The van der Waals surface area contributed by atoms with Crippen molar-refractivity contribution in [3.05, 3.63) is 35.9 Å². The fraction of sp³-hybridized carbons (Fsp3) is 0.588. The molecule has 0 aliphatic rings. The molecule has 20 heavy (non-hydrogen) atoms. The first kappa shape index (κ1) is 16.7. The van der Waals surface area contributed by atoms with Gasteiger partial charge in [-0.15, -0.1) is 0 Å². The van der Waals surface area contributed by atoms with Crippen LogP contribution in [0.1, 0.15) is 52.0 Å². The summed E-state index contributed by atoms with van der Waals surface area (Å²) in [6.45, 7) is 6.17. The zero-order valence-electron chi connectivity index (χ0n) is 12.9. The van der Waals surface area contributed by atoms with Crippen LogP contribution in [-0.2, 0) is 10.4 Å². The first-order chi connectivity index (χ1) is 9.51. The molecule has 0 spiro atoms. The Morgan fingerprint density at radius 2 is 1.75 bits per heavy atom. The summed E-state index contributed by atoms with van der Waals surface area (Å²) in [4.78, 5) is 12.2. The van der Waals surface area contributed by atoms with Crippen molar-refractivity contribution in [2.45, 2.75) is 52.1 Å². The number of carbonyl (C=O) groups is 1. The van der Waals surface area contributed by atoms with E-state index in [9.17, 15) is 9.90 Å². The second-order valence-electron chi connectivity index (χ2n) is 5.63. The number of hydrogen-bond donors (Lipinski definition) is 2. The molecule has 1 amide bonds. The molecule has 0 radical (unpaired) electrons. The van der Waals surface area contributed by atoms with Crippen molar-refractivity contribution in [1.82, 2.24) is 5.32 Å². The smallest absolute Gasteiger partial charge is 0.223 e. The van der Waals surface area contributed by atoms with Crippen LogP contribution in [0.4, 0.5) is 0 Å². The highest BCUT2D eigenvalue weighted by Gasteiger charge is 2.25. The molecule has 0 fully saturated rings. The minimum absolute atomic E-state index is 0.0601. The summed E-state index contributed by atoms with van der Waals surface area (Å²) >= 11 is 0. The van der Waals surface area contributed by atoms with Gasteiger partial charge >= 0.3 is 0 Å². The maximum Gasteiger partial charge on any atom is 0.223 e. The lowest BCUT2D eigenvalue weighted by atomic mass is 9.94. The van der Waals surface area contributed by atoms with Gasteiger partial charge in [0.2, 0.25) is 5.91 Å². The van der Waals surface area contributed by atoms with E-state index in [1.165, 1.54) is 0 Å². The van der Waals surface area contributed by atoms with Crippen molar-refractivity contribution in [3.8, 4) is 0 Å². The zero-order valence-corrected chi connectivity index (χ0v) is 12.9. The Kier molecular flexibility index (Phi) is 6.73. The Hall–Kier alpha value is -1.35. The van der Waals surface area contributed by atoms with Crippen LogP contribution in [0.3, 0.4) is 0 Å². The highest BCUT2D eigenvalue weighted by molar-refractivity contribution is 5.78. The minimum Gasteiger partial charge on any atom is -0.384 e. The highest BCUT2D eigenvalue weighted by Crippen LogP contribution is 2.20. The Morgan fingerprint density at radius 1 is 1.20 bits per heavy atom. The van der Waals surface area contributed by atoms with Gasteiger partial charge in [-0.3, -0.25) is 4.79 Å². The standard InChI is InChI=1S/C17H27NO2/c1-4-9-14(10-5-2)16(19)18-13-17(3,20)15-11-7-6-8-12-15/h6-8,11-12,14,20H,4-5,9-10,13H2,1-3H3,(H,18,19). The van der Waals surface area contributed by atoms with Gasteiger partial charge in [0, 0.05) is 5.92 Å². The van der Waals surface area contributed by atoms with E-state index in [0.717, 1.165) is 31.2 Å². The summed E-state index contributed by atoms with van der Waals surface area (Å²) in [5.74, 6) is 0.126. The Morgan fingerprint density at radius 3 is 2.25 bits per heavy atom. The van der Waals surface area contributed by atoms with Gasteiger partial charge in [0.25, 0.3) is 0 Å². The van der Waals surface area contributed by atoms with Gasteiger partial charge in [-0.2, -0.15) is 0 Å². The Balaban J connectivity index is 2.58. The molecule has 0 bridgehead atoms. The summed E-state index contributed by atoms with van der Waals surface area (Å²) in [6.07, 6.45) is 3.83. The molecule has 3 nitrogen and oxygen atoms in total. The van der Waals surface area contributed by atoms with Crippen LogP contribution in [0, 0.1) is 5.92 Å². The number of rotatable bonds is 8. The van der Waals surface area contributed by atoms with E-state index in [-0.39, 0.29) is 18.4 Å². The van der Waals surface area contributed by atoms with E-state index in [2.05, 4.69) is 19.2 Å². The lowest BCUT2D eigenvalue weighted by molar-refractivity contribution is -0.126. The summed E-state index contributed by atoms with van der Waals surface area (Å²) in [5.41, 5.74) is -0.206. The topological polar surface area (TPSA) is 49.3 Å². The minimum atomic E-state index is -1.03. The molecule has 0 heterocycles. The van der Waals surface area contributed by atoms with Crippen LogP contribution >= 0.6 is 0 Å². The second kappa shape index (κ2) is 8.05. The number of hydrogen-bond acceptors (Lipinski definition) is 2. The lowest BCUT2D eigenvalue weighted by Crippen LogP contribution is -2.41. The summed E-state index contributed by atoms with van der Waals surface area (Å²) < 4.78 is 0. The quantitative estimate of drug-likeness (QED) is 0.766. The van der Waals surface area contributed by atoms with Crippen molar-refractivity contribution in [3.63, 3.8) is 0 Å². The number of benzene rings is 1. The van der Waals surface area contributed by atoms with E-state index >= 15 is 0 Å². The van der Waals surface area contributed by atoms with Crippen molar-refractivity contribution >= 4 is 5.91 Å². The van der Waals surface area contributed by atoms with Gasteiger partial charge in [-0.1, -0.05) is 57.0 Å². The summed E-state index contributed by atoms with van der Waals surface area (Å²) in [7, 11) is 0. The fourth-order valence-corrected chi connectivity index (χ4v) is 2.41. The number of aliphatic hydroxyl groups is 1. The third-order valence-electron chi connectivity index (χ3n) is 3.65. The van der Waals surface area contributed by atoms with E-state index in [1.807, 2.05) is 30.3 Å². The molecule has 1 aromatic rings. The third kappa shape index (κ3) is 4.97. The molecule has 3 heteroatoms. The van der Waals surface area contributed by atoms with Crippen molar-refractivity contribution in [2.75, 3.05) is 6.54 Å². The predicted molar refractivity (Wildman–Crippen MR) is 82.3 cm³/mol. The first-order valence-electron chi connectivity index (χ1n) is 7.56. The van der Waals surface area contributed by atoms with E-state index in [0.29, 0.717) is 0 Å². The molecule has 1 unspecified atom stereocenters. The molecule has 2 N–H and O–H groups in total. The molecule has 1 rings (SSSR count). The second-order valence-corrected chi connectivity index (χ2v) is 5.63. The maximum absolute atomic E-state index is 12.2. The van der Waals surface area contributed by atoms with Crippen molar-refractivity contribution in [2.24, 2.45) is 5.92 Å².